The van der Waals surface area contributed by atoms with Crippen LogP contribution in [0.5, 0.6) is 5.75 Å². The zero-order valence-corrected chi connectivity index (χ0v) is 22.1. The maximum atomic E-state index is 12.8. The standard InChI is InChI=1S/C28H26ClN5O5/c1-3-33(4-2)24-13-8-19(14-20(17-30)28(36)32-22-11-9-21(29)10-12-22)26(16-24)39-18-27(35)31-23-6-5-7-25(15-23)34(37)38/h5-16H,3-4,18H2,1-2H3,(H,31,35)(H,32,36)/b20-14+. The van der Waals surface area contributed by atoms with Crippen molar-refractivity contribution >= 4 is 52.2 Å². The highest BCUT2D eigenvalue weighted by Crippen LogP contribution is 2.28. The van der Waals surface area contributed by atoms with Crippen LogP contribution in [0.25, 0.3) is 6.08 Å². The zero-order chi connectivity index (χ0) is 28.4. The lowest BCUT2D eigenvalue weighted by atomic mass is 10.1. The van der Waals surface area contributed by atoms with E-state index in [1.807, 2.05) is 26.0 Å². The van der Waals surface area contributed by atoms with Gasteiger partial charge in [-0.15, -0.1) is 0 Å². The third-order valence-corrected chi connectivity index (χ3v) is 5.84. The van der Waals surface area contributed by atoms with Gasteiger partial charge in [-0.05, 0) is 62.4 Å². The number of carbonyl (C=O) groups excluding carboxylic acids is 2. The maximum Gasteiger partial charge on any atom is 0.271 e. The Hall–Kier alpha value is -4.88. The summed E-state index contributed by atoms with van der Waals surface area (Å²) in [5.41, 5.74) is 1.63. The number of hydrogen-bond donors (Lipinski definition) is 2. The summed E-state index contributed by atoms with van der Waals surface area (Å²) in [6.07, 6.45) is 1.38. The summed E-state index contributed by atoms with van der Waals surface area (Å²) in [5, 5.41) is 26.4. The van der Waals surface area contributed by atoms with Gasteiger partial charge in [-0.1, -0.05) is 17.7 Å². The first-order valence-corrected chi connectivity index (χ1v) is 12.4. The minimum atomic E-state index is -0.623. The number of rotatable bonds is 11. The fourth-order valence-corrected chi connectivity index (χ4v) is 3.75. The molecule has 3 rings (SSSR count). The van der Waals surface area contributed by atoms with Gasteiger partial charge >= 0.3 is 0 Å². The predicted octanol–water partition coefficient (Wildman–Crippen LogP) is 5.66. The summed E-state index contributed by atoms with van der Waals surface area (Å²) in [5.74, 6) is -0.887. The lowest BCUT2D eigenvalue weighted by Crippen LogP contribution is -2.23. The van der Waals surface area contributed by atoms with Crippen molar-refractivity contribution in [1.29, 1.82) is 5.26 Å². The molecular formula is C28H26ClN5O5. The third kappa shape index (κ3) is 8.05. The molecule has 2 N–H and O–H groups in total. The van der Waals surface area contributed by atoms with Crippen LogP contribution >= 0.6 is 11.6 Å². The molecule has 0 aliphatic heterocycles. The van der Waals surface area contributed by atoms with Gasteiger partial charge < -0.3 is 20.3 Å². The Bertz CT molecular complexity index is 1430. The van der Waals surface area contributed by atoms with Crippen LogP contribution < -0.4 is 20.3 Å². The second-order valence-electron chi connectivity index (χ2n) is 8.17. The molecule has 39 heavy (non-hydrogen) atoms. The lowest BCUT2D eigenvalue weighted by molar-refractivity contribution is -0.384. The van der Waals surface area contributed by atoms with Gasteiger partial charge in [0.25, 0.3) is 17.5 Å². The Morgan fingerprint density at radius 2 is 1.77 bits per heavy atom. The van der Waals surface area contributed by atoms with Crippen LogP contribution in [0, 0.1) is 21.4 Å². The summed E-state index contributed by atoms with van der Waals surface area (Å²) in [7, 11) is 0. The minimum Gasteiger partial charge on any atom is -0.483 e. The molecule has 0 aromatic heterocycles. The number of amides is 2. The molecule has 3 aromatic carbocycles. The molecule has 0 atom stereocenters. The molecule has 0 unspecified atom stereocenters. The largest absolute Gasteiger partial charge is 0.483 e. The smallest absolute Gasteiger partial charge is 0.271 e. The van der Waals surface area contributed by atoms with Crippen molar-refractivity contribution in [2.45, 2.75) is 13.8 Å². The van der Waals surface area contributed by atoms with E-state index < -0.39 is 23.3 Å². The van der Waals surface area contributed by atoms with Gasteiger partial charge in [-0.3, -0.25) is 19.7 Å². The number of halogens is 1. The molecule has 0 aliphatic carbocycles. The number of nitriles is 1. The van der Waals surface area contributed by atoms with E-state index in [1.165, 1.54) is 30.3 Å². The number of non-ortho nitro benzene ring substituents is 1. The minimum absolute atomic E-state index is 0.158. The van der Waals surface area contributed by atoms with E-state index >= 15 is 0 Å². The first-order valence-electron chi connectivity index (χ1n) is 12.0. The average Bonchev–Trinajstić information content (AvgIpc) is 2.93. The van der Waals surface area contributed by atoms with E-state index in [0.717, 1.165) is 18.8 Å². The monoisotopic (exact) mass is 547 g/mol. The number of nitro groups is 1. The molecule has 0 saturated heterocycles. The molecular weight excluding hydrogens is 522 g/mol. The number of anilines is 3. The van der Waals surface area contributed by atoms with Crippen molar-refractivity contribution in [3.8, 4) is 11.8 Å². The van der Waals surface area contributed by atoms with Crippen molar-refractivity contribution in [2.24, 2.45) is 0 Å². The molecule has 0 saturated carbocycles. The van der Waals surface area contributed by atoms with Gasteiger partial charge in [0.15, 0.2) is 6.61 Å². The normalized spacial score (nSPS) is 10.8. The quantitative estimate of drug-likeness (QED) is 0.137. The van der Waals surface area contributed by atoms with Crippen LogP contribution in [-0.4, -0.2) is 36.4 Å². The molecule has 200 valence electrons. The number of nitrogens with one attached hydrogen (secondary N) is 2. The van der Waals surface area contributed by atoms with Crippen LogP contribution in [0.15, 0.2) is 72.3 Å². The first kappa shape index (κ1) is 28.7. The number of nitro benzene ring substituents is 1. The van der Waals surface area contributed by atoms with E-state index in [0.29, 0.717) is 16.3 Å². The molecule has 10 nitrogen and oxygen atoms in total. The zero-order valence-electron chi connectivity index (χ0n) is 21.3. The number of benzene rings is 3. The van der Waals surface area contributed by atoms with E-state index in [9.17, 15) is 25.0 Å². The van der Waals surface area contributed by atoms with Crippen LogP contribution in [0.2, 0.25) is 5.02 Å². The molecule has 0 spiro atoms. The molecule has 0 fully saturated rings. The van der Waals surface area contributed by atoms with Gasteiger partial charge in [0.1, 0.15) is 17.4 Å². The number of carbonyl (C=O) groups is 2. The van der Waals surface area contributed by atoms with Crippen molar-refractivity contribution in [3.05, 3.63) is 93.0 Å². The van der Waals surface area contributed by atoms with E-state index in [-0.39, 0.29) is 22.7 Å². The SMILES string of the molecule is CCN(CC)c1ccc(/C=C(\C#N)C(=O)Nc2ccc(Cl)cc2)c(OCC(=O)Nc2cccc([N+](=O)[O-])c2)c1. The Morgan fingerprint density at radius 1 is 1.05 bits per heavy atom. The van der Waals surface area contributed by atoms with Crippen molar-refractivity contribution in [2.75, 3.05) is 35.2 Å². The molecule has 11 heteroatoms. The number of hydrogen-bond acceptors (Lipinski definition) is 7. The average molecular weight is 548 g/mol. The van der Waals surface area contributed by atoms with Crippen LogP contribution in [0.3, 0.4) is 0 Å². The Morgan fingerprint density at radius 3 is 2.41 bits per heavy atom. The van der Waals surface area contributed by atoms with Gasteiger partial charge in [0.05, 0.1) is 4.92 Å². The van der Waals surface area contributed by atoms with Crippen LogP contribution in [0.4, 0.5) is 22.7 Å². The highest BCUT2D eigenvalue weighted by Gasteiger charge is 2.15. The lowest BCUT2D eigenvalue weighted by Gasteiger charge is -2.22. The van der Waals surface area contributed by atoms with E-state index in [4.69, 9.17) is 16.3 Å². The summed E-state index contributed by atoms with van der Waals surface area (Å²) < 4.78 is 5.81. The maximum absolute atomic E-state index is 12.8. The molecule has 0 radical (unpaired) electrons. The predicted molar refractivity (Wildman–Crippen MR) is 151 cm³/mol. The Balaban J connectivity index is 1.84. The van der Waals surface area contributed by atoms with Crippen molar-refractivity contribution in [1.82, 2.24) is 0 Å². The molecule has 3 aromatic rings. The summed E-state index contributed by atoms with van der Waals surface area (Å²) in [4.78, 5) is 37.8. The summed E-state index contributed by atoms with van der Waals surface area (Å²) in [6, 6.07) is 19.2. The second-order valence-corrected chi connectivity index (χ2v) is 8.61. The Kier molecular flexibility index (Phi) is 10.0. The Labute approximate surface area is 230 Å². The molecule has 0 aliphatic rings. The highest BCUT2D eigenvalue weighted by molar-refractivity contribution is 6.30. The van der Waals surface area contributed by atoms with Crippen molar-refractivity contribution in [3.63, 3.8) is 0 Å². The third-order valence-electron chi connectivity index (χ3n) is 5.59. The van der Waals surface area contributed by atoms with Crippen molar-refractivity contribution < 1.29 is 19.2 Å². The first-order chi connectivity index (χ1) is 18.7. The van der Waals surface area contributed by atoms with Gasteiger partial charge in [-0.25, -0.2) is 0 Å². The number of ether oxygens (including phenoxy) is 1. The topological polar surface area (TPSA) is 138 Å². The number of nitrogens with zero attached hydrogens (tertiary/aromatic N) is 3. The summed E-state index contributed by atoms with van der Waals surface area (Å²) >= 11 is 5.89. The fraction of sp³-hybridized carbons (Fsp3) is 0.179. The van der Waals surface area contributed by atoms with Gasteiger partial charge in [-0.2, -0.15) is 5.26 Å². The van der Waals surface area contributed by atoms with Crippen LogP contribution in [-0.2, 0) is 9.59 Å². The van der Waals surface area contributed by atoms with E-state index in [2.05, 4.69) is 15.5 Å². The van der Waals surface area contributed by atoms with Gasteiger partial charge in [0, 0.05) is 58.9 Å². The van der Waals surface area contributed by atoms with Gasteiger partial charge in [0.2, 0.25) is 0 Å². The fourth-order valence-electron chi connectivity index (χ4n) is 3.63. The summed E-state index contributed by atoms with van der Waals surface area (Å²) in [6.45, 7) is 5.04. The molecule has 0 heterocycles. The molecule has 0 bridgehead atoms. The highest BCUT2D eigenvalue weighted by atomic mass is 35.5. The second kappa shape index (κ2) is 13.6. The molecule has 2 amide bonds. The van der Waals surface area contributed by atoms with E-state index in [1.54, 1.807) is 36.4 Å². The van der Waals surface area contributed by atoms with Crippen LogP contribution in [0.1, 0.15) is 19.4 Å².